The lowest BCUT2D eigenvalue weighted by molar-refractivity contribution is -0.132. The van der Waals surface area contributed by atoms with E-state index in [-0.39, 0.29) is 11.9 Å². The standard InChI is InChI=1S/C14H19BrN2O2/c15-12-3-1-2-4-13(12)19-10-7-14(18)17-8-5-11(16)6-9-17/h1-4,11H,5-10,16H2. The van der Waals surface area contributed by atoms with Crippen LogP contribution in [0.1, 0.15) is 19.3 Å². The highest BCUT2D eigenvalue weighted by Gasteiger charge is 2.20. The Bertz CT molecular complexity index is 431. The molecule has 0 unspecified atom stereocenters. The Morgan fingerprint density at radius 2 is 2.05 bits per heavy atom. The van der Waals surface area contributed by atoms with Crippen LogP contribution in [0.25, 0.3) is 0 Å². The predicted octanol–water partition coefficient (Wildman–Crippen LogP) is 2.17. The summed E-state index contributed by atoms with van der Waals surface area (Å²) in [5, 5.41) is 0. The molecule has 1 aromatic carbocycles. The van der Waals surface area contributed by atoms with E-state index < -0.39 is 0 Å². The fourth-order valence-corrected chi connectivity index (χ4v) is 2.52. The minimum absolute atomic E-state index is 0.152. The van der Waals surface area contributed by atoms with Crippen molar-refractivity contribution in [1.29, 1.82) is 0 Å². The van der Waals surface area contributed by atoms with Gasteiger partial charge in [-0.1, -0.05) is 12.1 Å². The molecule has 1 aromatic rings. The average molecular weight is 327 g/mol. The van der Waals surface area contributed by atoms with Crippen molar-refractivity contribution in [3.05, 3.63) is 28.7 Å². The van der Waals surface area contributed by atoms with E-state index in [4.69, 9.17) is 10.5 Å². The number of para-hydroxylation sites is 1. The highest BCUT2D eigenvalue weighted by molar-refractivity contribution is 9.10. The molecule has 0 radical (unpaired) electrons. The van der Waals surface area contributed by atoms with Gasteiger partial charge < -0.3 is 15.4 Å². The summed E-state index contributed by atoms with van der Waals surface area (Å²) in [5.41, 5.74) is 5.82. The number of hydrogen-bond donors (Lipinski definition) is 1. The Hall–Kier alpha value is -1.07. The predicted molar refractivity (Wildman–Crippen MR) is 78.0 cm³/mol. The molecule has 0 aliphatic carbocycles. The van der Waals surface area contributed by atoms with E-state index in [1.165, 1.54) is 0 Å². The largest absolute Gasteiger partial charge is 0.492 e. The molecular weight excluding hydrogens is 308 g/mol. The van der Waals surface area contributed by atoms with Crippen molar-refractivity contribution in [2.24, 2.45) is 5.73 Å². The molecule has 1 fully saturated rings. The molecule has 2 N–H and O–H groups in total. The van der Waals surface area contributed by atoms with Gasteiger partial charge in [0, 0.05) is 19.1 Å². The fraction of sp³-hybridized carbons (Fsp3) is 0.500. The summed E-state index contributed by atoms with van der Waals surface area (Å²) in [7, 11) is 0. The van der Waals surface area contributed by atoms with Gasteiger partial charge in [-0.05, 0) is 40.9 Å². The van der Waals surface area contributed by atoms with Gasteiger partial charge in [-0.25, -0.2) is 0 Å². The van der Waals surface area contributed by atoms with Crippen LogP contribution in [0.4, 0.5) is 0 Å². The second kappa shape index (κ2) is 6.91. The quantitative estimate of drug-likeness (QED) is 0.922. The van der Waals surface area contributed by atoms with E-state index in [0.717, 1.165) is 36.2 Å². The summed E-state index contributed by atoms with van der Waals surface area (Å²) >= 11 is 3.41. The Kier molecular flexibility index (Phi) is 5.22. The average Bonchev–Trinajstić information content (AvgIpc) is 2.41. The number of hydrogen-bond acceptors (Lipinski definition) is 3. The summed E-state index contributed by atoms with van der Waals surface area (Å²) in [6.45, 7) is 1.95. The maximum Gasteiger partial charge on any atom is 0.225 e. The van der Waals surface area contributed by atoms with Gasteiger partial charge in [0.2, 0.25) is 5.91 Å². The maximum absolute atomic E-state index is 12.0. The molecule has 0 spiro atoms. The smallest absolute Gasteiger partial charge is 0.225 e. The first kappa shape index (κ1) is 14.3. The van der Waals surface area contributed by atoms with Crippen molar-refractivity contribution in [2.45, 2.75) is 25.3 Å². The molecule has 0 bridgehead atoms. The summed E-state index contributed by atoms with van der Waals surface area (Å²) < 4.78 is 6.51. The first-order valence-electron chi connectivity index (χ1n) is 6.57. The van der Waals surface area contributed by atoms with Crippen molar-refractivity contribution in [3.63, 3.8) is 0 Å². The number of likely N-dealkylation sites (tertiary alicyclic amines) is 1. The van der Waals surface area contributed by atoms with Crippen LogP contribution in [-0.2, 0) is 4.79 Å². The lowest BCUT2D eigenvalue weighted by atomic mass is 10.1. The van der Waals surface area contributed by atoms with Crippen molar-refractivity contribution < 1.29 is 9.53 Å². The van der Waals surface area contributed by atoms with Gasteiger partial charge in [-0.2, -0.15) is 0 Å². The number of amides is 1. The molecule has 1 amide bonds. The lowest BCUT2D eigenvalue weighted by Crippen LogP contribution is -2.43. The van der Waals surface area contributed by atoms with Gasteiger partial charge >= 0.3 is 0 Å². The van der Waals surface area contributed by atoms with E-state index >= 15 is 0 Å². The number of carbonyl (C=O) groups is 1. The van der Waals surface area contributed by atoms with Crippen LogP contribution < -0.4 is 10.5 Å². The molecule has 104 valence electrons. The molecule has 5 heteroatoms. The van der Waals surface area contributed by atoms with Crippen LogP contribution in [-0.4, -0.2) is 36.5 Å². The third-order valence-electron chi connectivity index (χ3n) is 3.30. The third-order valence-corrected chi connectivity index (χ3v) is 3.96. The number of carbonyl (C=O) groups excluding carboxylic acids is 1. The second-order valence-electron chi connectivity index (χ2n) is 4.75. The monoisotopic (exact) mass is 326 g/mol. The number of nitrogens with two attached hydrogens (primary N) is 1. The zero-order valence-electron chi connectivity index (χ0n) is 10.8. The summed E-state index contributed by atoms with van der Waals surface area (Å²) in [6.07, 6.45) is 2.21. The minimum atomic E-state index is 0.152. The van der Waals surface area contributed by atoms with E-state index in [0.29, 0.717) is 13.0 Å². The van der Waals surface area contributed by atoms with Gasteiger partial charge in [0.25, 0.3) is 0 Å². The van der Waals surface area contributed by atoms with Crippen molar-refractivity contribution >= 4 is 21.8 Å². The first-order valence-corrected chi connectivity index (χ1v) is 7.37. The molecule has 0 atom stereocenters. The molecule has 2 rings (SSSR count). The molecule has 1 aliphatic heterocycles. The van der Waals surface area contributed by atoms with Crippen molar-refractivity contribution in [1.82, 2.24) is 4.90 Å². The van der Waals surface area contributed by atoms with Crippen molar-refractivity contribution in [2.75, 3.05) is 19.7 Å². The van der Waals surface area contributed by atoms with E-state index in [1.807, 2.05) is 29.2 Å². The van der Waals surface area contributed by atoms with Gasteiger partial charge in [0.05, 0.1) is 17.5 Å². The number of benzene rings is 1. The highest BCUT2D eigenvalue weighted by Crippen LogP contribution is 2.23. The third kappa shape index (κ3) is 4.21. The number of piperidine rings is 1. The molecule has 4 nitrogen and oxygen atoms in total. The molecular formula is C14H19BrN2O2. The zero-order valence-corrected chi connectivity index (χ0v) is 12.4. The zero-order chi connectivity index (χ0) is 13.7. The van der Waals surface area contributed by atoms with Crippen LogP contribution in [0.3, 0.4) is 0 Å². The van der Waals surface area contributed by atoms with E-state index in [9.17, 15) is 4.79 Å². The molecule has 19 heavy (non-hydrogen) atoms. The number of ether oxygens (including phenoxy) is 1. The molecule has 0 aromatic heterocycles. The molecule has 0 saturated carbocycles. The Morgan fingerprint density at radius 3 is 2.74 bits per heavy atom. The van der Waals surface area contributed by atoms with Gasteiger partial charge in [-0.3, -0.25) is 4.79 Å². The van der Waals surface area contributed by atoms with Crippen LogP contribution in [0, 0.1) is 0 Å². The Morgan fingerprint density at radius 1 is 1.37 bits per heavy atom. The van der Waals surface area contributed by atoms with Gasteiger partial charge in [0.15, 0.2) is 0 Å². The number of rotatable bonds is 4. The lowest BCUT2D eigenvalue weighted by Gasteiger charge is -2.30. The number of nitrogens with zero attached hydrogens (tertiary/aromatic N) is 1. The SMILES string of the molecule is NC1CCN(C(=O)CCOc2ccccc2Br)CC1. The maximum atomic E-state index is 12.0. The first-order chi connectivity index (χ1) is 9.16. The van der Waals surface area contributed by atoms with Crippen LogP contribution >= 0.6 is 15.9 Å². The summed E-state index contributed by atoms with van der Waals surface area (Å²) in [6, 6.07) is 7.89. The normalized spacial score (nSPS) is 16.4. The van der Waals surface area contributed by atoms with Gasteiger partial charge in [0.1, 0.15) is 5.75 Å². The number of halogens is 1. The van der Waals surface area contributed by atoms with Crippen LogP contribution in [0.5, 0.6) is 5.75 Å². The minimum Gasteiger partial charge on any atom is -0.492 e. The Labute approximate surface area is 122 Å². The van der Waals surface area contributed by atoms with Gasteiger partial charge in [-0.15, -0.1) is 0 Å². The summed E-state index contributed by atoms with van der Waals surface area (Å²) in [4.78, 5) is 13.9. The highest BCUT2D eigenvalue weighted by atomic mass is 79.9. The molecule has 1 aliphatic rings. The van der Waals surface area contributed by atoms with E-state index in [2.05, 4.69) is 15.9 Å². The van der Waals surface area contributed by atoms with Crippen LogP contribution in [0.15, 0.2) is 28.7 Å². The topological polar surface area (TPSA) is 55.6 Å². The second-order valence-corrected chi connectivity index (χ2v) is 5.60. The molecule has 1 saturated heterocycles. The molecule has 1 heterocycles. The van der Waals surface area contributed by atoms with E-state index in [1.54, 1.807) is 0 Å². The Balaban J connectivity index is 1.74. The summed E-state index contributed by atoms with van der Waals surface area (Å²) in [5.74, 6) is 0.926. The van der Waals surface area contributed by atoms with Crippen LogP contribution in [0.2, 0.25) is 0 Å². The fourth-order valence-electron chi connectivity index (χ4n) is 2.12. The van der Waals surface area contributed by atoms with Crippen molar-refractivity contribution in [3.8, 4) is 5.75 Å².